The third kappa shape index (κ3) is 4.46. The summed E-state index contributed by atoms with van der Waals surface area (Å²) in [5.74, 6) is 0.675. The van der Waals surface area contributed by atoms with E-state index in [1.165, 1.54) is 11.3 Å². The van der Waals surface area contributed by atoms with E-state index in [0.717, 1.165) is 17.6 Å². The Labute approximate surface area is 133 Å². The molecule has 0 aliphatic carbocycles. The van der Waals surface area contributed by atoms with Crippen molar-refractivity contribution >= 4 is 5.69 Å². The van der Waals surface area contributed by atoms with Crippen LogP contribution >= 0.6 is 0 Å². The number of hydrogen-bond acceptors (Lipinski definition) is 0. The van der Waals surface area contributed by atoms with E-state index in [4.69, 9.17) is 0 Å². The Bertz CT molecular complexity index is 495. The van der Waals surface area contributed by atoms with E-state index in [1.54, 1.807) is 0 Å². The van der Waals surface area contributed by atoms with Crippen LogP contribution in [-0.4, -0.2) is 13.6 Å². The van der Waals surface area contributed by atoms with E-state index >= 15 is 0 Å². The number of halogens is 1. The van der Waals surface area contributed by atoms with Gasteiger partial charge < -0.3 is 17.0 Å². The lowest BCUT2D eigenvalue weighted by Crippen LogP contribution is -3.00. The Morgan fingerprint density at radius 3 is 1.85 bits per heavy atom. The summed E-state index contributed by atoms with van der Waals surface area (Å²) in [4.78, 5) is 0. The van der Waals surface area contributed by atoms with Gasteiger partial charge >= 0.3 is 0 Å². The van der Waals surface area contributed by atoms with Crippen LogP contribution in [-0.2, 0) is 6.54 Å². The highest BCUT2D eigenvalue weighted by Crippen LogP contribution is 2.25. The minimum absolute atomic E-state index is 0. The van der Waals surface area contributed by atoms with Gasteiger partial charge in [-0.05, 0) is 12.1 Å². The van der Waals surface area contributed by atoms with Gasteiger partial charge in [0.1, 0.15) is 12.2 Å². The Morgan fingerprint density at radius 1 is 0.850 bits per heavy atom. The molecule has 2 aromatic rings. The summed E-state index contributed by atoms with van der Waals surface area (Å²) in [6, 6.07) is 21.6. The molecule has 0 fully saturated rings. The molecule has 0 aromatic heterocycles. The van der Waals surface area contributed by atoms with Gasteiger partial charge in [-0.2, -0.15) is 0 Å². The van der Waals surface area contributed by atoms with Crippen molar-refractivity contribution in [1.29, 1.82) is 0 Å². The standard InChI is InChI=1S/C18H24N.BrH/c1-16(2)14-19(3,18-12-8-5-9-13-18)15-17-10-6-4-7-11-17;/h4-13,16H,14-15H2,1-3H3;1H/q+1;/p-1/t19-;/m1./s1. The van der Waals surface area contributed by atoms with E-state index in [0.29, 0.717) is 5.92 Å². The van der Waals surface area contributed by atoms with Gasteiger partial charge in [-0.15, -0.1) is 0 Å². The van der Waals surface area contributed by atoms with Crippen LogP contribution in [0.1, 0.15) is 19.4 Å². The van der Waals surface area contributed by atoms with Crippen molar-refractivity contribution in [3.05, 3.63) is 66.2 Å². The summed E-state index contributed by atoms with van der Waals surface area (Å²) in [5, 5.41) is 0. The first-order valence-electron chi connectivity index (χ1n) is 7.04. The molecule has 0 aliphatic rings. The van der Waals surface area contributed by atoms with Gasteiger partial charge in [-0.1, -0.05) is 62.4 Å². The lowest BCUT2D eigenvalue weighted by molar-refractivity contribution is -0.00000438. The smallest absolute Gasteiger partial charge is 0.132 e. The molecule has 0 heterocycles. The summed E-state index contributed by atoms with van der Waals surface area (Å²) < 4.78 is 0.961. The maximum Gasteiger partial charge on any atom is 0.132 e. The fourth-order valence-electron chi connectivity index (χ4n) is 2.84. The average Bonchev–Trinajstić information content (AvgIpc) is 2.40. The molecule has 0 saturated carbocycles. The van der Waals surface area contributed by atoms with Crippen LogP contribution in [0.5, 0.6) is 0 Å². The van der Waals surface area contributed by atoms with Crippen LogP contribution in [0, 0.1) is 5.92 Å². The number of benzene rings is 2. The first kappa shape index (κ1) is 16.9. The van der Waals surface area contributed by atoms with E-state index < -0.39 is 0 Å². The topological polar surface area (TPSA) is 0 Å². The molecule has 0 N–H and O–H groups in total. The van der Waals surface area contributed by atoms with Gasteiger partial charge in [0.2, 0.25) is 0 Å². The van der Waals surface area contributed by atoms with Gasteiger partial charge in [0, 0.05) is 11.5 Å². The molecule has 0 unspecified atom stereocenters. The molecule has 2 rings (SSSR count). The van der Waals surface area contributed by atoms with Crippen molar-refractivity contribution in [2.45, 2.75) is 20.4 Å². The summed E-state index contributed by atoms with van der Waals surface area (Å²) >= 11 is 0. The van der Waals surface area contributed by atoms with Crippen LogP contribution in [0.15, 0.2) is 60.7 Å². The van der Waals surface area contributed by atoms with E-state index in [9.17, 15) is 0 Å². The predicted molar refractivity (Wildman–Crippen MR) is 84.0 cm³/mol. The van der Waals surface area contributed by atoms with Gasteiger partial charge in [-0.3, -0.25) is 4.48 Å². The minimum atomic E-state index is 0. The van der Waals surface area contributed by atoms with Crippen molar-refractivity contribution in [3.8, 4) is 0 Å². The normalized spacial score (nSPS) is 13.6. The second kappa shape index (κ2) is 7.61. The largest absolute Gasteiger partial charge is 1.00 e. The summed E-state index contributed by atoms with van der Waals surface area (Å²) in [5.41, 5.74) is 2.79. The molecule has 0 amide bonds. The number of nitrogens with zero attached hydrogens (tertiary/aromatic N) is 1. The van der Waals surface area contributed by atoms with Crippen molar-refractivity contribution in [2.75, 3.05) is 13.6 Å². The second-order valence-electron chi connectivity index (χ2n) is 5.95. The molecular weight excluding hydrogens is 310 g/mol. The molecule has 2 aromatic carbocycles. The highest BCUT2D eigenvalue weighted by atomic mass is 79.9. The molecule has 0 bridgehead atoms. The molecule has 1 atom stereocenters. The minimum Gasteiger partial charge on any atom is -1.00 e. The van der Waals surface area contributed by atoms with Crippen molar-refractivity contribution in [3.63, 3.8) is 0 Å². The predicted octanol–water partition coefficient (Wildman–Crippen LogP) is 1.48. The summed E-state index contributed by atoms with van der Waals surface area (Å²) in [6.45, 7) is 6.79. The number of rotatable bonds is 5. The second-order valence-corrected chi connectivity index (χ2v) is 5.95. The van der Waals surface area contributed by atoms with Crippen LogP contribution in [0.2, 0.25) is 0 Å². The zero-order chi connectivity index (χ0) is 13.7. The molecule has 20 heavy (non-hydrogen) atoms. The van der Waals surface area contributed by atoms with Crippen LogP contribution in [0.25, 0.3) is 0 Å². The Morgan fingerprint density at radius 2 is 1.35 bits per heavy atom. The lowest BCUT2D eigenvalue weighted by atomic mass is 10.1. The third-order valence-corrected chi connectivity index (χ3v) is 3.52. The van der Waals surface area contributed by atoms with Crippen molar-refractivity contribution in [2.24, 2.45) is 5.92 Å². The van der Waals surface area contributed by atoms with E-state index in [1.807, 2.05) is 0 Å². The molecule has 0 aliphatic heterocycles. The van der Waals surface area contributed by atoms with Gasteiger partial charge in [0.25, 0.3) is 0 Å². The summed E-state index contributed by atoms with van der Waals surface area (Å²) in [7, 11) is 2.34. The first-order valence-corrected chi connectivity index (χ1v) is 7.04. The lowest BCUT2D eigenvalue weighted by Gasteiger charge is -2.35. The van der Waals surface area contributed by atoms with Gasteiger partial charge in [0.05, 0.1) is 13.6 Å². The maximum absolute atomic E-state index is 2.34. The quantitative estimate of drug-likeness (QED) is 0.727. The SMILES string of the molecule is CC(C)C[N@+](C)(Cc1ccccc1)c1ccccc1.[Br-]. The number of quaternary nitrogens is 1. The number of para-hydroxylation sites is 1. The van der Waals surface area contributed by atoms with Crippen molar-refractivity contribution < 1.29 is 17.0 Å². The Hall–Kier alpha value is -1.12. The maximum atomic E-state index is 2.34. The Kier molecular flexibility index (Phi) is 6.44. The van der Waals surface area contributed by atoms with Crippen LogP contribution < -0.4 is 21.5 Å². The highest BCUT2D eigenvalue weighted by molar-refractivity contribution is 5.42. The molecule has 2 heteroatoms. The highest BCUT2D eigenvalue weighted by Gasteiger charge is 2.26. The average molecular weight is 334 g/mol. The molecule has 1 nitrogen and oxygen atoms in total. The van der Waals surface area contributed by atoms with Crippen LogP contribution in [0.4, 0.5) is 5.69 Å². The summed E-state index contributed by atoms with van der Waals surface area (Å²) in [6.07, 6.45) is 0. The van der Waals surface area contributed by atoms with Gasteiger partial charge in [0.15, 0.2) is 0 Å². The fraction of sp³-hybridized carbons (Fsp3) is 0.333. The molecule has 108 valence electrons. The Balaban J connectivity index is 0.00000200. The molecule has 0 spiro atoms. The van der Waals surface area contributed by atoms with Crippen LogP contribution in [0.3, 0.4) is 0 Å². The third-order valence-electron chi connectivity index (χ3n) is 3.52. The van der Waals surface area contributed by atoms with Gasteiger partial charge in [-0.25, -0.2) is 0 Å². The zero-order valence-electron chi connectivity index (χ0n) is 12.6. The molecular formula is C18H24BrN. The van der Waals surface area contributed by atoms with Crippen molar-refractivity contribution in [1.82, 2.24) is 4.48 Å². The fourth-order valence-corrected chi connectivity index (χ4v) is 2.84. The first-order chi connectivity index (χ1) is 9.10. The van der Waals surface area contributed by atoms with E-state index in [-0.39, 0.29) is 17.0 Å². The zero-order valence-corrected chi connectivity index (χ0v) is 14.2. The van der Waals surface area contributed by atoms with E-state index in [2.05, 4.69) is 81.6 Å². The number of hydrogen-bond donors (Lipinski definition) is 0. The molecule has 0 radical (unpaired) electrons. The monoisotopic (exact) mass is 333 g/mol. The molecule has 0 saturated heterocycles.